The van der Waals surface area contributed by atoms with Gasteiger partial charge in [-0.2, -0.15) is 5.10 Å². The van der Waals surface area contributed by atoms with Crippen LogP contribution in [-0.2, 0) is 0 Å². The van der Waals surface area contributed by atoms with Crippen LogP contribution in [0.25, 0.3) is 0 Å². The molecule has 2 aromatic rings. The molecule has 6 heteroatoms. The van der Waals surface area contributed by atoms with E-state index in [0.29, 0.717) is 26.2 Å². The first-order valence-corrected chi connectivity index (χ1v) is 6.74. The highest BCUT2D eigenvalue weighted by Crippen LogP contribution is 2.28. The van der Waals surface area contributed by atoms with Crippen LogP contribution >= 0.6 is 34.8 Å². The standard InChI is InChI=1S/C14H9Cl3N2O/c15-11-6-10(13(17)12(16)7-11)8-18-19-14(20)9-4-2-1-3-5-9/h1-8H,(H,19,20)/b18-8+. The van der Waals surface area contributed by atoms with Gasteiger partial charge in [-0.15, -0.1) is 0 Å². The number of hydrogen-bond donors (Lipinski definition) is 1. The van der Waals surface area contributed by atoms with E-state index in [9.17, 15) is 4.79 Å². The molecule has 0 atom stereocenters. The fourth-order valence-electron chi connectivity index (χ4n) is 1.48. The monoisotopic (exact) mass is 326 g/mol. The number of carbonyl (C=O) groups is 1. The molecule has 0 fully saturated rings. The molecule has 102 valence electrons. The minimum atomic E-state index is -0.314. The molecule has 0 bridgehead atoms. The van der Waals surface area contributed by atoms with Gasteiger partial charge in [0, 0.05) is 16.1 Å². The van der Waals surface area contributed by atoms with Gasteiger partial charge in [-0.05, 0) is 24.3 Å². The average Bonchev–Trinajstić information content (AvgIpc) is 2.44. The molecule has 0 aliphatic carbocycles. The summed E-state index contributed by atoms with van der Waals surface area (Å²) in [6, 6.07) is 11.9. The Balaban J connectivity index is 2.10. The lowest BCUT2D eigenvalue weighted by Crippen LogP contribution is -2.17. The normalized spacial score (nSPS) is 10.8. The number of rotatable bonds is 3. The second kappa shape index (κ2) is 6.75. The fraction of sp³-hybridized carbons (Fsp3) is 0. The van der Waals surface area contributed by atoms with Crippen molar-refractivity contribution in [2.75, 3.05) is 0 Å². The van der Waals surface area contributed by atoms with Crippen LogP contribution < -0.4 is 5.43 Å². The van der Waals surface area contributed by atoms with E-state index >= 15 is 0 Å². The van der Waals surface area contributed by atoms with E-state index < -0.39 is 0 Å². The number of nitrogens with zero attached hydrogens (tertiary/aromatic N) is 1. The minimum absolute atomic E-state index is 0.314. The largest absolute Gasteiger partial charge is 0.271 e. The second-order valence-electron chi connectivity index (χ2n) is 3.86. The van der Waals surface area contributed by atoms with Crippen LogP contribution in [-0.4, -0.2) is 12.1 Å². The summed E-state index contributed by atoms with van der Waals surface area (Å²) < 4.78 is 0. The number of hydrogen-bond acceptors (Lipinski definition) is 2. The lowest BCUT2D eigenvalue weighted by molar-refractivity contribution is 0.0955. The average molecular weight is 328 g/mol. The van der Waals surface area contributed by atoms with Crippen LogP contribution in [0.1, 0.15) is 15.9 Å². The van der Waals surface area contributed by atoms with Crippen molar-refractivity contribution >= 4 is 46.9 Å². The molecule has 2 rings (SSSR count). The van der Waals surface area contributed by atoms with E-state index in [1.807, 2.05) is 6.07 Å². The fourth-order valence-corrected chi connectivity index (χ4v) is 2.15. The Kier molecular flexibility index (Phi) is 5.01. The van der Waals surface area contributed by atoms with Gasteiger partial charge in [0.05, 0.1) is 16.3 Å². The smallest absolute Gasteiger partial charge is 0.267 e. The summed E-state index contributed by atoms with van der Waals surface area (Å²) in [7, 11) is 0. The maximum Gasteiger partial charge on any atom is 0.271 e. The van der Waals surface area contributed by atoms with Gasteiger partial charge in [-0.25, -0.2) is 5.43 Å². The third-order valence-electron chi connectivity index (χ3n) is 2.43. The second-order valence-corrected chi connectivity index (χ2v) is 5.08. The molecule has 20 heavy (non-hydrogen) atoms. The molecule has 1 amide bonds. The first-order valence-electron chi connectivity index (χ1n) is 5.61. The van der Waals surface area contributed by atoms with Crippen molar-refractivity contribution in [2.45, 2.75) is 0 Å². The van der Waals surface area contributed by atoms with Crippen LogP contribution in [0.4, 0.5) is 0 Å². The van der Waals surface area contributed by atoms with Gasteiger partial charge in [0.25, 0.3) is 5.91 Å². The van der Waals surface area contributed by atoms with E-state index in [2.05, 4.69) is 10.5 Å². The van der Waals surface area contributed by atoms with Crippen LogP contribution in [0, 0.1) is 0 Å². The third kappa shape index (κ3) is 3.73. The summed E-state index contributed by atoms with van der Waals surface area (Å²) in [5.41, 5.74) is 3.44. The molecule has 0 aliphatic rings. The molecular formula is C14H9Cl3N2O. The van der Waals surface area contributed by atoms with Gasteiger partial charge >= 0.3 is 0 Å². The summed E-state index contributed by atoms with van der Waals surface area (Å²) >= 11 is 17.8. The molecule has 1 N–H and O–H groups in total. The molecule has 0 spiro atoms. The zero-order chi connectivity index (χ0) is 14.5. The maximum absolute atomic E-state index is 11.7. The molecule has 0 saturated heterocycles. The Morgan fingerprint density at radius 2 is 1.80 bits per heavy atom. The third-order valence-corrected chi connectivity index (χ3v) is 3.46. The molecular weight excluding hydrogens is 319 g/mol. The van der Waals surface area contributed by atoms with Crippen molar-refractivity contribution in [3.05, 3.63) is 68.7 Å². The molecule has 0 unspecified atom stereocenters. The molecule has 0 aromatic heterocycles. The van der Waals surface area contributed by atoms with Crippen molar-refractivity contribution in [3.63, 3.8) is 0 Å². The topological polar surface area (TPSA) is 41.5 Å². The Bertz CT molecular complexity index is 657. The van der Waals surface area contributed by atoms with Gasteiger partial charge < -0.3 is 0 Å². The quantitative estimate of drug-likeness (QED) is 0.506. The predicted molar refractivity (Wildman–Crippen MR) is 83.0 cm³/mol. The van der Waals surface area contributed by atoms with Gasteiger partial charge in [-0.3, -0.25) is 4.79 Å². The Morgan fingerprint density at radius 1 is 1.10 bits per heavy atom. The van der Waals surface area contributed by atoms with Crippen molar-refractivity contribution in [1.82, 2.24) is 5.43 Å². The van der Waals surface area contributed by atoms with E-state index in [0.717, 1.165) is 0 Å². The van der Waals surface area contributed by atoms with E-state index in [4.69, 9.17) is 34.8 Å². The Labute approximate surface area is 131 Å². The summed E-state index contributed by atoms with van der Waals surface area (Å²) in [5, 5.41) is 4.93. The zero-order valence-electron chi connectivity index (χ0n) is 10.1. The first-order chi connectivity index (χ1) is 9.58. The lowest BCUT2D eigenvalue weighted by atomic mass is 10.2. The van der Waals surface area contributed by atoms with Gasteiger partial charge in [0.1, 0.15) is 0 Å². The van der Waals surface area contributed by atoms with Crippen LogP contribution in [0.3, 0.4) is 0 Å². The van der Waals surface area contributed by atoms with E-state index in [-0.39, 0.29) is 5.91 Å². The highest BCUT2D eigenvalue weighted by atomic mass is 35.5. The highest BCUT2D eigenvalue weighted by molar-refractivity contribution is 6.44. The SMILES string of the molecule is O=C(N/N=C/c1cc(Cl)cc(Cl)c1Cl)c1ccccc1. The van der Waals surface area contributed by atoms with E-state index in [1.165, 1.54) is 12.3 Å². The maximum atomic E-state index is 11.7. The van der Waals surface area contributed by atoms with Gasteiger partial charge in [0.2, 0.25) is 0 Å². The van der Waals surface area contributed by atoms with Crippen molar-refractivity contribution in [3.8, 4) is 0 Å². The molecule has 0 heterocycles. The highest BCUT2D eigenvalue weighted by Gasteiger charge is 2.06. The van der Waals surface area contributed by atoms with Crippen LogP contribution in [0.5, 0.6) is 0 Å². The Hall–Kier alpha value is -1.55. The van der Waals surface area contributed by atoms with Gasteiger partial charge in [-0.1, -0.05) is 53.0 Å². The first kappa shape index (κ1) is 14.9. The van der Waals surface area contributed by atoms with Crippen molar-refractivity contribution in [2.24, 2.45) is 5.10 Å². The molecule has 0 radical (unpaired) electrons. The van der Waals surface area contributed by atoms with Crippen molar-refractivity contribution in [1.29, 1.82) is 0 Å². The van der Waals surface area contributed by atoms with E-state index in [1.54, 1.807) is 30.3 Å². The number of benzene rings is 2. The number of hydrazone groups is 1. The van der Waals surface area contributed by atoms with Crippen LogP contribution in [0.15, 0.2) is 47.6 Å². The number of halogens is 3. The molecule has 2 aromatic carbocycles. The minimum Gasteiger partial charge on any atom is -0.267 e. The summed E-state index contributed by atoms with van der Waals surface area (Å²) in [6.07, 6.45) is 1.39. The Morgan fingerprint density at radius 3 is 2.50 bits per heavy atom. The zero-order valence-corrected chi connectivity index (χ0v) is 12.4. The van der Waals surface area contributed by atoms with Crippen LogP contribution in [0.2, 0.25) is 15.1 Å². The number of carbonyl (C=O) groups excluding carboxylic acids is 1. The molecule has 3 nitrogen and oxygen atoms in total. The number of amides is 1. The molecule has 0 saturated carbocycles. The summed E-state index contributed by atoms with van der Waals surface area (Å²) in [6.45, 7) is 0. The number of nitrogens with one attached hydrogen (secondary N) is 1. The summed E-state index contributed by atoms with van der Waals surface area (Å²) in [4.78, 5) is 11.7. The predicted octanol–water partition coefficient (Wildman–Crippen LogP) is 4.41. The van der Waals surface area contributed by atoms with Crippen molar-refractivity contribution < 1.29 is 4.79 Å². The lowest BCUT2D eigenvalue weighted by Gasteiger charge is -2.02. The van der Waals surface area contributed by atoms with Gasteiger partial charge in [0.15, 0.2) is 0 Å². The summed E-state index contributed by atoms with van der Waals surface area (Å²) in [5.74, 6) is -0.314. The molecule has 0 aliphatic heterocycles.